The largest absolute Gasteiger partial charge is 0.469 e. The standard InChI is InChI=1S/C15H17NO4/c1-20-15(19)10-9-13(17)12-7-5-11(6-8-12)3-2-4-14(16)18/h2-3,5-8H,4,9-10H2,1H3,(H2,16,18). The summed E-state index contributed by atoms with van der Waals surface area (Å²) in [6.07, 6.45) is 3.81. The third-order valence-corrected chi connectivity index (χ3v) is 2.65. The average molecular weight is 275 g/mol. The predicted molar refractivity (Wildman–Crippen MR) is 74.9 cm³/mol. The van der Waals surface area contributed by atoms with Crippen molar-refractivity contribution in [2.75, 3.05) is 7.11 Å². The van der Waals surface area contributed by atoms with Crippen LogP contribution in [0.2, 0.25) is 0 Å². The first-order chi connectivity index (χ1) is 9.52. The van der Waals surface area contributed by atoms with Crippen molar-refractivity contribution >= 4 is 23.7 Å². The lowest BCUT2D eigenvalue weighted by Gasteiger charge is -2.01. The van der Waals surface area contributed by atoms with Crippen molar-refractivity contribution in [3.8, 4) is 0 Å². The SMILES string of the molecule is COC(=O)CCC(=O)c1ccc(C=CCC(N)=O)cc1. The van der Waals surface area contributed by atoms with E-state index in [-0.39, 0.29) is 25.0 Å². The lowest BCUT2D eigenvalue weighted by atomic mass is 10.0. The Morgan fingerprint density at radius 1 is 1.15 bits per heavy atom. The molecule has 0 aromatic heterocycles. The van der Waals surface area contributed by atoms with Gasteiger partial charge in [-0.25, -0.2) is 0 Å². The van der Waals surface area contributed by atoms with Gasteiger partial charge in [-0.1, -0.05) is 36.4 Å². The van der Waals surface area contributed by atoms with Crippen LogP contribution in [-0.2, 0) is 14.3 Å². The average Bonchev–Trinajstić information content (AvgIpc) is 2.44. The molecule has 5 nitrogen and oxygen atoms in total. The molecule has 0 saturated carbocycles. The Kier molecular flexibility index (Phi) is 6.16. The summed E-state index contributed by atoms with van der Waals surface area (Å²) in [7, 11) is 1.29. The number of benzene rings is 1. The van der Waals surface area contributed by atoms with Crippen molar-refractivity contribution in [2.45, 2.75) is 19.3 Å². The number of methoxy groups -OCH3 is 1. The monoisotopic (exact) mass is 275 g/mol. The zero-order valence-electron chi connectivity index (χ0n) is 11.3. The molecule has 1 aromatic carbocycles. The van der Waals surface area contributed by atoms with E-state index in [9.17, 15) is 14.4 Å². The highest BCUT2D eigenvalue weighted by Gasteiger charge is 2.08. The fraction of sp³-hybridized carbons (Fsp3) is 0.267. The zero-order chi connectivity index (χ0) is 15.0. The number of rotatable bonds is 7. The lowest BCUT2D eigenvalue weighted by molar-refractivity contribution is -0.140. The lowest BCUT2D eigenvalue weighted by Crippen LogP contribution is -2.07. The van der Waals surface area contributed by atoms with Crippen LogP contribution in [0.25, 0.3) is 6.08 Å². The number of hydrogen-bond acceptors (Lipinski definition) is 4. The molecule has 1 amide bonds. The minimum atomic E-state index is -0.399. The van der Waals surface area contributed by atoms with E-state index >= 15 is 0 Å². The summed E-state index contributed by atoms with van der Waals surface area (Å²) in [6, 6.07) is 6.90. The number of ether oxygens (including phenoxy) is 1. The molecule has 0 aliphatic carbocycles. The van der Waals surface area contributed by atoms with E-state index in [0.717, 1.165) is 5.56 Å². The Hall–Kier alpha value is -2.43. The van der Waals surface area contributed by atoms with Gasteiger partial charge < -0.3 is 10.5 Å². The van der Waals surface area contributed by atoms with Gasteiger partial charge in [0.05, 0.1) is 13.5 Å². The van der Waals surface area contributed by atoms with Crippen molar-refractivity contribution in [1.82, 2.24) is 0 Å². The van der Waals surface area contributed by atoms with E-state index in [1.807, 2.05) is 0 Å². The molecule has 1 rings (SSSR count). The minimum Gasteiger partial charge on any atom is -0.469 e. The Morgan fingerprint density at radius 2 is 1.80 bits per heavy atom. The maximum atomic E-state index is 11.8. The predicted octanol–water partition coefficient (Wildman–Crippen LogP) is 1.71. The number of Topliss-reactive ketones (excluding diaryl/α,β-unsaturated/α-hetero) is 1. The molecule has 0 bridgehead atoms. The van der Waals surface area contributed by atoms with Gasteiger partial charge in [0.2, 0.25) is 5.91 Å². The quantitative estimate of drug-likeness (QED) is 0.606. The summed E-state index contributed by atoms with van der Waals surface area (Å²) in [5, 5.41) is 0. The van der Waals surface area contributed by atoms with Gasteiger partial charge in [-0.2, -0.15) is 0 Å². The van der Waals surface area contributed by atoms with E-state index in [2.05, 4.69) is 4.74 Å². The fourth-order valence-corrected chi connectivity index (χ4v) is 1.55. The summed E-state index contributed by atoms with van der Waals surface area (Å²) in [5.41, 5.74) is 6.43. The second-order valence-corrected chi connectivity index (χ2v) is 4.19. The van der Waals surface area contributed by atoms with Crippen molar-refractivity contribution in [1.29, 1.82) is 0 Å². The molecule has 0 aliphatic rings. The molecule has 0 aliphatic heterocycles. The molecule has 2 N–H and O–H groups in total. The van der Waals surface area contributed by atoms with E-state index < -0.39 is 11.9 Å². The van der Waals surface area contributed by atoms with E-state index in [0.29, 0.717) is 5.56 Å². The first-order valence-electron chi connectivity index (χ1n) is 6.18. The van der Waals surface area contributed by atoms with Crippen LogP contribution in [0.3, 0.4) is 0 Å². The van der Waals surface area contributed by atoms with Crippen LogP contribution in [0.15, 0.2) is 30.3 Å². The second kappa shape index (κ2) is 7.89. The normalized spacial score (nSPS) is 10.4. The molecule has 0 spiro atoms. The van der Waals surface area contributed by atoms with Crippen molar-refractivity contribution in [2.24, 2.45) is 5.73 Å². The number of carbonyl (C=O) groups excluding carboxylic acids is 3. The van der Waals surface area contributed by atoms with Crippen LogP contribution in [-0.4, -0.2) is 24.8 Å². The highest BCUT2D eigenvalue weighted by molar-refractivity contribution is 5.97. The third kappa shape index (κ3) is 5.48. The highest BCUT2D eigenvalue weighted by Crippen LogP contribution is 2.10. The maximum Gasteiger partial charge on any atom is 0.305 e. The smallest absolute Gasteiger partial charge is 0.305 e. The van der Waals surface area contributed by atoms with Gasteiger partial charge in [0.1, 0.15) is 0 Å². The summed E-state index contributed by atoms with van der Waals surface area (Å²) in [5.74, 6) is -0.900. The van der Waals surface area contributed by atoms with Crippen LogP contribution < -0.4 is 5.73 Å². The Bertz CT molecular complexity index is 517. The van der Waals surface area contributed by atoms with Crippen LogP contribution in [0.4, 0.5) is 0 Å². The van der Waals surface area contributed by atoms with Gasteiger partial charge in [-0.3, -0.25) is 14.4 Å². The Balaban J connectivity index is 2.57. The van der Waals surface area contributed by atoms with Crippen molar-refractivity contribution in [3.05, 3.63) is 41.5 Å². The minimum absolute atomic E-state index is 0.0790. The summed E-state index contributed by atoms with van der Waals surface area (Å²) in [4.78, 5) is 33.3. The van der Waals surface area contributed by atoms with Gasteiger partial charge in [-0.05, 0) is 5.56 Å². The molecule has 106 valence electrons. The first kappa shape index (κ1) is 15.6. The summed E-state index contributed by atoms with van der Waals surface area (Å²) < 4.78 is 4.48. The second-order valence-electron chi connectivity index (χ2n) is 4.19. The molecule has 0 unspecified atom stereocenters. The Morgan fingerprint density at radius 3 is 2.35 bits per heavy atom. The van der Waals surface area contributed by atoms with Gasteiger partial charge >= 0.3 is 5.97 Å². The highest BCUT2D eigenvalue weighted by atomic mass is 16.5. The number of esters is 1. The fourth-order valence-electron chi connectivity index (χ4n) is 1.55. The van der Waals surface area contributed by atoms with E-state index in [1.165, 1.54) is 7.11 Å². The molecule has 0 saturated heterocycles. The third-order valence-electron chi connectivity index (χ3n) is 2.65. The number of carbonyl (C=O) groups is 3. The Labute approximate surface area is 117 Å². The zero-order valence-corrected chi connectivity index (χ0v) is 11.3. The maximum absolute atomic E-state index is 11.8. The van der Waals surface area contributed by atoms with E-state index in [4.69, 9.17) is 5.73 Å². The van der Waals surface area contributed by atoms with Crippen LogP contribution in [0.1, 0.15) is 35.2 Å². The van der Waals surface area contributed by atoms with Gasteiger partial charge in [-0.15, -0.1) is 0 Å². The van der Waals surface area contributed by atoms with Gasteiger partial charge in [0, 0.05) is 18.4 Å². The molecule has 1 aromatic rings. The van der Waals surface area contributed by atoms with Gasteiger partial charge in [0.15, 0.2) is 5.78 Å². The molecule has 20 heavy (non-hydrogen) atoms. The van der Waals surface area contributed by atoms with Crippen LogP contribution in [0.5, 0.6) is 0 Å². The number of hydrogen-bond donors (Lipinski definition) is 1. The van der Waals surface area contributed by atoms with E-state index in [1.54, 1.807) is 36.4 Å². The number of ketones is 1. The van der Waals surface area contributed by atoms with Crippen LogP contribution >= 0.6 is 0 Å². The molecule has 0 atom stereocenters. The molecule has 0 radical (unpaired) electrons. The van der Waals surface area contributed by atoms with Crippen LogP contribution in [0, 0.1) is 0 Å². The van der Waals surface area contributed by atoms with Crippen molar-refractivity contribution in [3.63, 3.8) is 0 Å². The van der Waals surface area contributed by atoms with Crippen molar-refractivity contribution < 1.29 is 19.1 Å². The molecular weight excluding hydrogens is 258 g/mol. The first-order valence-corrected chi connectivity index (χ1v) is 6.18. The summed E-state index contributed by atoms with van der Waals surface area (Å²) in [6.45, 7) is 0. The topological polar surface area (TPSA) is 86.5 Å². The molecular formula is C15H17NO4. The number of nitrogens with two attached hydrogens (primary N) is 1. The number of primary amides is 1. The summed E-state index contributed by atoms with van der Waals surface area (Å²) >= 11 is 0. The molecule has 0 heterocycles. The van der Waals surface area contributed by atoms with Gasteiger partial charge in [0.25, 0.3) is 0 Å². The molecule has 5 heteroatoms. The number of amides is 1. The molecule has 0 fully saturated rings.